The zero-order valence-electron chi connectivity index (χ0n) is 10.7. The minimum absolute atomic E-state index is 0.130. The third-order valence-electron chi connectivity index (χ3n) is 3.19. The number of hydrogen-bond acceptors (Lipinski definition) is 4. The predicted octanol–water partition coefficient (Wildman–Crippen LogP) is -0.281. The molecule has 2 heterocycles. The van der Waals surface area contributed by atoms with Gasteiger partial charge in [0.25, 0.3) is 0 Å². The van der Waals surface area contributed by atoms with Crippen LogP contribution < -0.4 is 5.32 Å². The number of likely N-dealkylation sites (tertiary alicyclic amines) is 1. The summed E-state index contributed by atoms with van der Waals surface area (Å²) in [6.45, 7) is 6.89. The highest BCUT2D eigenvalue weighted by Gasteiger charge is 2.38. The summed E-state index contributed by atoms with van der Waals surface area (Å²) in [5, 5.41) is 27.9. The Labute approximate surface area is 106 Å². The molecule has 0 aliphatic carbocycles. The first-order valence-electron chi connectivity index (χ1n) is 5.87. The van der Waals surface area contributed by atoms with Crippen molar-refractivity contribution in [2.75, 3.05) is 13.1 Å². The predicted molar refractivity (Wildman–Crippen MR) is 67.6 cm³/mol. The molecule has 1 saturated heterocycles. The lowest BCUT2D eigenvalue weighted by molar-refractivity contribution is 0.130. The van der Waals surface area contributed by atoms with E-state index in [9.17, 15) is 9.90 Å². The number of hydrogen-bond donors (Lipinski definition) is 2. The van der Waals surface area contributed by atoms with E-state index < -0.39 is 20.3 Å². The van der Waals surface area contributed by atoms with Crippen LogP contribution in [0.4, 0.5) is 4.79 Å². The van der Waals surface area contributed by atoms with Crippen molar-refractivity contribution < 1.29 is 15.0 Å². The number of aliphatic hydroxyl groups is 1. The summed E-state index contributed by atoms with van der Waals surface area (Å²) in [6.07, 6.45) is -0.00772. The third kappa shape index (κ3) is 2.25. The number of amides is 1. The van der Waals surface area contributed by atoms with Crippen molar-refractivity contribution in [3.05, 3.63) is 6.20 Å². The van der Waals surface area contributed by atoms with E-state index >= 15 is 0 Å². The number of β-amino-alcohol motifs (C(OH)–C–C–N with tert-alkyl or cyclic N) is 1. The first-order chi connectivity index (χ1) is 8.30. The standard InChI is InChI=1S/C10H18N4O3Si/c1-18(2,3)9-4-11-12-14(9)7-5-13(10(16)17)6-8(7)15/h4,7-8,15H,5-6H2,1-3H3,(H,16,17). The average molecular weight is 270 g/mol. The molecule has 2 atom stereocenters. The van der Waals surface area contributed by atoms with Crippen LogP contribution in [0, 0.1) is 0 Å². The molecule has 0 saturated carbocycles. The van der Waals surface area contributed by atoms with Crippen LogP contribution in [0.1, 0.15) is 6.04 Å². The zero-order valence-corrected chi connectivity index (χ0v) is 11.7. The molecule has 0 bridgehead atoms. The SMILES string of the molecule is C[Si](C)(C)c1cnnn1C1CN(C(=O)O)CC1O. The summed E-state index contributed by atoms with van der Waals surface area (Å²) in [4.78, 5) is 12.1. The first-order valence-corrected chi connectivity index (χ1v) is 9.37. The number of carbonyl (C=O) groups is 1. The fourth-order valence-electron chi connectivity index (χ4n) is 2.19. The molecule has 2 rings (SSSR count). The molecule has 1 aromatic rings. The van der Waals surface area contributed by atoms with Crippen LogP contribution in [0.25, 0.3) is 0 Å². The molecule has 0 spiro atoms. The van der Waals surface area contributed by atoms with Crippen LogP contribution in [-0.2, 0) is 0 Å². The number of aliphatic hydroxyl groups excluding tert-OH is 1. The maximum absolute atomic E-state index is 10.9. The van der Waals surface area contributed by atoms with Gasteiger partial charge >= 0.3 is 6.09 Å². The molecule has 1 aliphatic heterocycles. The average Bonchev–Trinajstić information content (AvgIpc) is 2.81. The highest BCUT2D eigenvalue weighted by molar-refractivity contribution is 6.88. The quantitative estimate of drug-likeness (QED) is 0.721. The lowest BCUT2D eigenvalue weighted by atomic mass is 10.2. The fourth-order valence-corrected chi connectivity index (χ4v) is 3.53. The number of aromatic nitrogens is 3. The van der Waals surface area contributed by atoms with E-state index in [1.54, 1.807) is 10.9 Å². The highest BCUT2D eigenvalue weighted by Crippen LogP contribution is 2.21. The Bertz CT molecular complexity index is 456. The molecule has 1 amide bonds. The van der Waals surface area contributed by atoms with Crippen LogP contribution >= 0.6 is 0 Å². The third-order valence-corrected chi connectivity index (χ3v) is 5.08. The molecule has 2 N–H and O–H groups in total. The lowest BCUT2D eigenvalue weighted by Crippen LogP contribution is -2.46. The molecule has 0 radical (unpaired) electrons. The van der Waals surface area contributed by atoms with Crippen LogP contribution in [-0.4, -0.2) is 63.5 Å². The second-order valence-electron chi connectivity index (χ2n) is 5.64. The highest BCUT2D eigenvalue weighted by atomic mass is 28.3. The van der Waals surface area contributed by atoms with E-state index in [1.807, 2.05) is 0 Å². The van der Waals surface area contributed by atoms with Crippen molar-refractivity contribution in [2.45, 2.75) is 31.8 Å². The molecular weight excluding hydrogens is 252 g/mol. The normalized spacial score (nSPS) is 24.6. The van der Waals surface area contributed by atoms with E-state index in [0.717, 1.165) is 5.32 Å². The molecule has 1 fully saturated rings. The van der Waals surface area contributed by atoms with Crippen molar-refractivity contribution in [3.63, 3.8) is 0 Å². The van der Waals surface area contributed by atoms with Crippen molar-refractivity contribution in [2.24, 2.45) is 0 Å². The summed E-state index contributed by atoms with van der Waals surface area (Å²) in [6, 6.07) is -0.328. The van der Waals surface area contributed by atoms with E-state index in [2.05, 4.69) is 30.0 Å². The summed E-state index contributed by atoms with van der Waals surface area (Å²) < 4.78 is 1.71. The molecular formula is C10H18N4O3Si. The van der Waals surface area contributed by atoms with Gasteiger partial charge in [-0.3, -0.25) is 0 Å². The zero-order chi connectivity index (χ0) is 13.5. The van der Waals surface area contributed by atoms with Crippen molar-refractivity contribution in [1.82, 2.24) is 19.9 Å². The van der Waals surface area contributed by atoms with Crippen LogP contribution in [0.3, 0.4) is 0 Å². The molecule has 100 valence electrons. The molecule has 2 unspecified atom stereocenters. The molecule has 8 heteroatoms. The van der Waals surface area contributed by atoms with E-state index in [4.69, 9.17) is 5.11 Å². The molecule has 1 aromatic heterocycles. The van der Waals surface area contributed by atoms with Gasteiger partial charge in [0.1, 0.15) is 8.07 Å². The summed E-state index contributed by atoms with van der Waals surface area (Å²) in [5.41, 5.74) is 0. The Morgan fingerprint density at radius 1 is 1.44 bits per heavy atom. The van der Waals surface area contributed by atoms with E-state index in [1.165, 1.54) is 4.90 Å². The number of rotatable bonds is 2. The van der Waals surface area contributed by atoms with E-state index in [0.29, 0.717) is 0 Å². The van der Waals surface area contributed by atoms with Gasteiger partial charge in [0, 0.05) is 11.9 Å². The Morgan fingerprint density at radius 3 is 2.61 bits per heavy atom. The van der Waals surface area contributed by atoms with Crippen molar-refractivity contribution in [1.29, 1.82) is 0 Å². The van der Waals surface area contributed by atoms with Gasteiger partial charge in [0.15, 0.2) is 0 Å². The van der Waals surface area contributed by atoms with Crippen LogP contribution in [0.15, 0.2) is 6.20 Å². The molecule has 0 aromatic carbocycles. The van der Waals surface area contributed by atoms with Crippen molar-refractivity contribution >= 4 is 19.5 Å². The Balaban J connectivity index is 2.28. The van der Waals surface area contributed by atoms with Gasteiger partial charge in [-0.05, 0) is 0 Å². The number of carboxylic acid groups (broad SMARTS) is 1. The molecule has 7 nitrogen and oxygen atoms in total. The minimum atomic E-state index is -1.61. The summed E-state index contributed by atoms with van der Waals surface area (Å²) in [7, 11) is -1.61. The molecule has 18 heavy (non-hydrogen) atoms. The van der Waals surface area contributed by atoms with Gasteiger partial charge in [0.2, 0.25) is 0 Å². The van der Waals surface area contributed by atoms with Crippen LogP contribution in [0.2, 0.25) is 19.6 Å². The Hall–Kier alpha value is -1.41. The maximum Gasteiger partial charge on any atom is 0.407 e. The van der Waals surface area contributed by atoms with Gasteiger partial charge < -0.3 is 15.1 Å². The second-order valence-corrected chi connectivity index (χ2v) is 10.6. The summed E-state index contributed by atoms with van der Waals surface area (Å²) in [5.74, 6) is 0. The minimum Gasteiger partial charge on any atom is -0.465 e. The second kappa shape index (κ2) is 4.36. The summed E-state index contributed by atoms with van der Waals surface area (Å²) >= 11 is 0. The van der Waals surface area contributed by atoms with E-state index in [-0.39, 0.29) is 19.1 Å². The largest absolute Gasteiger partial charge is 0.465 e. The topological polar surface area (TPSA) is 91.5 Å². The van der Waals surface area contributed by atoms with Crippen LogP contribution in [0.5, 0.6) is 0 Å². The monoisotopic (exact) mass is 270 g/mol. The lowest BCUT2D eigenvalue weighted by Gasteiger charge is -2.22. The Kier molecular flexibility index (Phi) is 3.15. The molecule has 1 aliphatic rings. The number of nitrogens with zero attached hydrogens (tertiary/aromatic N) is 4. The fraction of sp³-hybridized carbons (Fsp3) is 0.700. The van der Waals surface area contributed by atoms with Gasteiger partial charge in [-0.25, -0.2) is 9.48 Å². The first kappa shape index (κ1) is 13.0. The van der Waals surface area contributed by atoms with Crippen molar-refractivity contribution in [3.8, 4) is 0 Å². The Morgan fingerprint density at radius 2 is 2.11 bits per heavy atom. The maximum atomic E-state index is 10.9. The van der Waals surface area contributed by atoms with Gasteiger partial charge in [-0.15, -0.1) is 5.10 Å². The van der Waals surface area contributed by atoms with Gasteiger partial charge in [-0.1, -0.05) is 24.9 Å². The smallest absolute Gasteiger partial charge is 0.407 e. The van der Waals surface area contributed by atoms with Gasteiger partial charge in [0.05, 0.1) is 24.9 Å². The van der Waals surface area contributed by atoms with Gasteiger partial charge in [-0.2, -0.15) is 0 Å².